The van der Waals surface area contributed by atoms with E-state index in [9.17, 15) is 13.2 Å². The number of rotatable bonds is 6. The number of aliphatic carboxylic acids is 1. The summed E-state index contributed by atoms with van der Waals surface area (Å²) in [6, 6.07) is 5.83. The van der Waals surface area contributed by atoms with E-state index in [4.69, 9.17) is 5.11 Å². The van der Waals surface area contributed by atoms with Crippen molar-refractivity contribution in [2.24, 2.45) is 0 Å². The van der Waals surface area contributed by atoms with Gasteiger partial charge in [0.1, 0.15) is 0 Å². The van der Waals surface area contributed by atoms with E-state index in [0.717, 1.165) is 0 Å². The number of carbonyl (C=O) groups is 1. The van der Waals surface area contributed by atoms with Crippen molar-refractivity contribution in [3.63, 3.8) is 0 Å². The second-order valence-electron chi connectivity index (χ2n) is 3.79. The summed E-state index contributed by atoms with van der Waals surface area (Å²) in [4.78, 5) is 10.6. The van der Waals surface area contributed by atoms with Crippen molar-refractivity contribution in [2.75, 3.05) is 13.6 Å². The number of hydrogen-bond donors (Lipinski definition) is 1. The van der Waals surface area contributed by atoms with E-state index in [1.54, 1.807) is 0 Å². The lowest BCUT2D eigenvalue weighted by atomic mass is 10.2. The summed E-state index contributed by atoms with van der Waals surface area (Å²) in [5, 5.41) is 8.62. The Morgan fingerprint density at radius 2 is 1.94 bits per heavy atom. The number of nitrogens with zero attached hydrogens (tertiary/aromatic N) is 1. The minimum absolute atomic E-state index is 0.122. The molecule has 5 nitrogen and oxygen atoms in total. The summed E-state index contributed by atoms with van der Waals surface area (Å²) < 4.78 is 25.2. The third-order valence-corrected chi connectivity index (χ3v) is 4.21. The number of carboxylic acids is 1. The fraction of sp³-hybridized carbons (Fsp3) is 0.250. The number of benzene rings is 1. The van der Waals surface area contributed by atoms with Gasteiger partial charge in [0.2, 0.25) is 10.0 Å². The van der Waals surface area contributed by atoms with Gasteiger partial charge in [0.25, 0.3) is 0 Å². The molecule has 1 aromatic carbocycles. The highest BCUT2D eigenvalue weighted by atomic mass is 32.2. The van der Waals surface area contributed by atoms with Crippen LogP contribution in [0.25, 0.3) is 0 Å². The van der Waals surface area contributed by atoms with Crippen LogP contribution >= 0.6 is 0 Å². The van der Waals surface area contributed by atoms with E-state index in [1.165, 1.54) is 41.7 Å². The van der Waals surface area contributed by atoms with Crippen LogP contribution in [-0.2, 0) is 21.2 Å². The minimum atomic E-state index is -3.53. The summed E-state index contributed by atoms with van der Waals surface area (Å²) in [5.41, 5.74) is 0.563. The quantitative estimate of drug-likeness (QED) is 0.785. The largest absolute Gasteiger partial charge is 0.481 e. The topological polar surface area (TPSA) is 74.7 Å². The molecule has 0 saturated heterocycles. The van der Waals surface area contributed by atoms with Crippen molar-refractivity contribution in [3.05, 3.63) is 42.5 Å². The van der Waals surface area contributed by atoms with E-state index < -0.39 is 16.0 Å². The van der Waals surface area contributed by atoms with Crippen LogP contribution in [0.3, 0.4) is 0 Å². The Morgan fingerprint density at radius 3 is 2.39 bits per heavy atom. The molecule has 0 bridgehead atoms. The first kappa shape index (κ1) is 14.4. The molecule has 0 unspecified atom stereocenters. The number of likely N-dealkylation sites (N-methyl/N-ethyl adjacent to an activating group) is 1. The zero-order valence-corrected chi connectivity index (χ0v) is 10.9. The molecule has 0 fully saturated rings. The first-order chi connectivity index (χ1) is 8.37. The number of hydrogen-bond acceptors (Lipinski definition) is 3. The zero-order chi connectivity index (χ0) is 13.8. The van der Waals surface area contributed by atoms with Gasteiger partial charge in [-0.1, -0.05) is 18.2 Å². The van der Waals surface area contributed by atoms with Crippen molar-refractivity contribution in [2.45, 2.75) is 11.3 Å². The van der Waals surface area contributed by atoms with Crippen molar-refractivity contribution in [3.8, 4) is 0 Å². The Hall–Kier alpha value is -1.66. The standard InChI is InChI=1S/C12H15NO4S/c1-3-8-13(2)18(16,17)11-6-4-10(5-7-11)9-12(14)15/h3-7H,1,8-9H2,2H3,(H,14,15). The van der Waals surface area contributed by atoms with E-state index in [1.807, 2.05) is 0 Å². The molecule has 0 atom stereocenters. The predicted octanol–water partition coefficient (Wildman–Crippen LogP) is 1.12. The van der Waals surface area contributed by atoms with Gasteiger partial charge in [-0.15, -0.1) is 6.58 Å². The monoisotopic (exact) mass is 269 g/mol. The highest BCUT2D eigenvalue weighted by molar-refractivity contribution is 7.89. The minimum Gasteiger partial charge on any atom is -0.481 e. The lowest BCUT2D eigenvalue weighted by molar-refractivity contribution is -0.136. The highest BCUT2D eigenvalue weighted by Gasteiger charge is 2.19. The Morgan fingerprint density at radius 1 is 1.39 bits per heavy atom. The first-order valence-electron chi connectivity index (χ1n) is 5.26. The summed E-state index contributed by atoms with van der Waals surface area (Å²) in [6.07, 6.45) is 1.37. The van der Waals surface area contributed by atoms with Crippen LogP contribution in [0.5, 0.6) is 0 Å². The smallest absolute Gasteiger partial charge is 0.307 e. The molecular formula is C12H15NO4S. The van der Waals surface area contributed by atoms with Crippen molar-refractivity contribution in [1.29, 1.82) is 0 Å². The molecule has 18 heavy (non-hydrogen) atoms. The molecule has 0 heterocycles. The molecule has 6 heteroatoms. The normalized spacial score (nSPS) is 11.4. The average Bonchev–Trinajstić information content (AvgIpc) is 2.29. The average molecular weight is 269 g/mol. The van der Waals surface area contributed by atoms with Crippen LogP contribution < -0.4 is 0 Å². The molecule has 98 valence electrons. The van der Waals surface area contributed by atoms with Crippen molar-refractivity contribution < 1.29 is 18.3 Å². The second kappa shape index (κ2) is 5.79. The molecule has 0 amide bonds. The van der Waals surface area contributed by atoms with Gasteiger partial charge in [0.05, 0.1) is 11.3 Å². The van der Waals surface area contributed by atoms with E-state index in [0.29, 0.717) is 5.56 Å². The first-order valence-corrected chi connectivity index (χ1v) is 6.70. The molecule has 0 spiro atoms. The van der Waals surface area contributed by atoms with E-state index in [-0.39, 0.29) is 17.9 Å². The zero-order valence-electron chi connectivity index (χ0n) is 10.0. The molecule has 1 aromatic rings. The van der Waals surface area contributed by atoms with Crippen LogP contribution in [0, 0.1) is 0 Å². The molecule has 0 aliphatic rings. The molecule has 1 N–H and O–H groups in total. The molecule has 0 aliphatic heterocycles. The molecule has 1 rings (SSSR count). The molecule has 0 aliphatic carbocycles. The van der Waals surface area contributed by atoms with Gasteiger partial charge in [0.15, 0.2) is 0 Å². The Labute approximate surface area is 106 Å². The third-order valence-electron chi connectivity index (χ3n) is 2.37. The Balaban J connectivity index is 2.97. The maximum absolute atomic E-state index is 12.0. The molecular weight excluding hydrogens is 254 g/mol. The summed E-state index contributed by atoms with van der Waals surface area (Å²) in [5.74, 6) is -0.950. The fourth-order valence-corrected chi connectivity index (χ4v) is 2.56. The molecule has 0 saturated carbocycles. The van der Waals surface area contributed by atoms with Crippen LogP contribution in [0.15, 0.2) is 41.8 Å². The Bertz CT molecular complexity index is 534. The number of carboxylic acid groups (broad SMARTS) is 1. The van der Waals surface area contributed by atoms with Gasteiger partial charge in [-0.3, -0.25) is 4.79 Å². The summed E-state index contributed by atoms with van der Waals surface area (Å²) >= 11 is 0. The SMILES string of the molecule is C=CCN(C)S(=O)(=O)c1ccc(CC(=O)O)cc1. The Kier molecular flexibility index (Phi) is 4.63. The van der Waals surface area contributed by atoms with Crippen LogP contribution in [0.2, 0.25) is 0 Å². The lowest BCUT2D eigenvalue weighted by Crippen LogP contribution is -2.26. The maximum atomic E-state index is 12.0. The predicted molar refractivity (Wildman–Crippen MR) is 67.8 cm³/mol. The van der Waals surface area contributed by atoms with Gasteiger partial charge in [0, 0.05) is 13.6 Å². The van der Waals surface area contributed by atoms with Gasteiger partial charge >= 0.3 is 5.97 Å². The van der Waals surface area contributed by atoms with Gasteiger partial charge in [-0.05, 0) is 17.7 Å². The van der Waals surface area contributed by atoms with Gasteiger partial charge in [-0.25, -0.2) is 8.42 Å². The summed E-state index contributed by atoms with van der Waals surface area (Å²) in [7, 11) is -2.07. The molecule has 0 radical (unpaired) electrons. The van der Waals surface area contributed by atoms with E-state index in [2.05, 4.69) is 6.58 Å². The lowest BCUT2D eigenvalue weighted by Gasteiger charge is -2.15. The second-order valence-corrected chi connectivity index (χ2v) is 5.83. The van der Waals surface area contributed by atoms with Gasteiger partial charge in [-0.2, -0.15) is 4.31 Å². The van der Waals surface area contributed by atoms with Crippen molar-refractivity contribution in [1.82, 2.24) is 4.31 Å². The third kappa shape index (κ3) is 3.41. The van der Waals surface area contributed by atoms with Crippen LogP contribution in [-0.4, -0.2) is 37.4 Å². The highest BCUT2D eigenvalue weighted by Crippen LogP contribution is 2.15. The fourth-order valence-electron chi connectivity index (χ4n) is 1.41. The van der Waals surface area contributed by atoms with Crippen LogP contribution in [0.4, 0.5) is 0 Å². The van der Waals surface area contributed by atoms with E-state index >= 15 is 0 Å². The van der Waals surface area contributed by atoms with Crippen molar-refractivity contribution >= 4 is 16.0 Å². The van der Waals surface area contributed by atoms with Crippen LogP contribution in [0.1, 0.15) is 5.56 Å². The number of sulfonamides is 1. The molecule has 0 aromatic heterocycles. The maximum Gasteiger partial charge on any atom is 0.307 e. The summed E-state index contributed by atoms with van der Waals surface area (Å²) in [6.45, 7) is 3.70. The van der Waals surface area contributed by atoms with Gasteiger partial charge < -0.3 is 5.11 Å².